The van der Waals surface area contributed by atoms with Gasteiger partial charge in [-0.15, -0.1) is 0 Å². The van der Waals surface area contributed by atoms with Gasteiger partial charge < -0.3 is 10.6 Å². The predicted molar refractivity (Wildman–Crippen MR) is 56.4 cm³/mol. The number of amides is 2. The Labute approximate surface area is 92.8 Å². The molecule has 0 radical (unpaired) electrons. The maximum Gasteiger partial charge on any atom is 0.257 e. The van der Waals surface area contributed by atoms with Crippen LogP contribution in [0.2, 0.25) is 0 Å². The number of nitrogens with two attached hydrogens (primary N) is 1. The molecule has 0 saturated carbocycles. The third kappa shape index (κ3) is 1.66. The maximum atomic E-state index is 11.9. The molecule has 1 fully saturated rings. The molecule has 1 saturated heterocycles. The minimum Gasteiger partial charge on any atom is -0.369 e. The zero-order valence-corrected chi connectivity index (χ0v) is 9.06. The zero-order valence-electron chi connectivity index (χ0n) is 9.06. The number of nitrogens with zero attached hydrogens (tertiary/aromatic N) is 2. The van der Waals surface area contributed by atoms with Gasteiger partial charge >= 0.3 is 0 Å². The van der Waals surface area contributed by atoms with Crippen LogP contribution >= 0.6 is 0 Å². The fourth-order valence-corrected chi connectivity index (χ4v) is 1.89. The summed E-state index contributed by atoms with van der Waals surface area (Å²) in [5.41, 5.74) is 5.23. The second-order valence-corrected chi connectivity index (χ2v) is 4.39. The normalized spacial score (nSPS) is 24.7. The number of hydrogen-bond donors (Lipinski definition) is 2. The van der Waals surface area contributed by atoms with Crippen LogP contribution in [0.5, 0.6) is 0 Å². The summed E-state index contributed by atoms with van der Waals surface area (Å²) in [6, 6.07) is 0. The summed E-state index contributed by atoms with van der Waals surface area (Å²) in [6.07, 6.45) is 3.64. The van der Waals surface area contributed by atoms with Gasteiger partial charge in [-0.2, -0.15) is 5.10 Å². The second kappa shape index (κ2) is 3.62. The van der Waals surface area contributed by atoms with Crippen LogP contribution in [0.4, 0.5) is 0 Å². The predicted octanol–water partition coefficient (Wildman–Crippen LogP) is -0.253. The molecule has 3 N–H and O–H groups in total. The van der Waals surface area contributed by atoms with Crippen molar-refractivity contribution in [2.45, 2.75) is 13.3 Å². The number of rotatable bonds is 2. The molecule has 1 aromatic rings. The van der Waals surface area contributed by atoms with E-state index in [1.165, 1.54) is 6.20 Å². The van der Waals surface area contributed by atoms with Gasteiger partial charge in [-0.05, 0) is 13.3 Å². The number of likely N-dealkylation sites (tertiary alicyclic amines) is 1. The van der Waals surface area contributed by atoms with Gasteiger partial charge in [0.25, 0.3) is 5.91 Å². The molecule has 6 nitrogen and oxygen atoms in total. The Morgan fingerprint density at radius 1 is 1.62 bits per heavy atom. The number of nitrogens with one attached hydrogen (secondary N) is 1. The molecule has 0 spiro atoms. The number of carbonyl (C=O) groups excluding carboxylic acids is 2. The average molecular weight is 222 g/mol. The fourth-order valence-electron chi connectivity index (χ4n) is 1.89. The van der Waals surface area contributed by atoms with E-state index in [0.29, 0.717) is 25.1 Å². The van der Waals surface area contributed by atoms with Crippen molar-refractivity contribution < 1.29 is 9.59 Å². The summed E-state index contributed by atoms with van der Waals surface area (Å²) in [6.45, 7) is 2.73. The number of carbonyl (C=O) groups is 2. The number of hydrogen-bond acceptors (Lipinski definition) is 3. The summed E-state index contributed by atoms with van der Waals surface area (Å²) in [4.78, 5) is 24.8. The third-order valence-electron chi connectivity index (χ3n) is 3.10. The van der Waals surface area contributed by atoms with Crippen molar-refractivity contribution in [1.29, 1.82) is 0 Å². The Hall–Kier alpha value is -1.85. The van der Waals surface area contributed by atoms with Gasteiger partial charge in [0.05, 0.1) is 17.2 Å². The first kappa shape index (κ1) is 10.7. The van der Waals surface area contributed by atoms with E-state index < -0.39 is 5.41 Å². The third-order valence-corrected chi connectivity index (χ3v) is 3.10. The van der Waals surface area contributed by atoms with E-state index in [0.717, 1.165) is 0 Å². The molecule has 1 atom stereocenters. The standard InChI is InChI=1S/C10H14N4O2/c1-10(9(11)16)2-3-14(6-10)8(15)7-4-12-13-5-7/h4-5H,2-3,6H2,1H3,(H2,11,16)(H,12,13). The summed E-state index contributed by atoms with van der Waals surface area (Å²) < 4.78 is 0. The van der Waals surface area contributed by atoms with Crippen LogP contribution in [-0.2, 0) is 4.79 Å². The highest BCUT2D eigenvalue weighted by Crippen LogP contribution is 2.30. The van der Waals surface area contributed by atoms with Crippen molar-refractivity contribution >= 4 is 11.8 Å². The van der Waals surface area contributed by atoms with Gasteiger partial charge in [0, 0.05) is 19.3 Å². The van der Waals surface area contributed by atoms with Crippen molar-refractivity contribution in [3.63, 3.8) is 0 Å². The Balaban J connectivity index is 2.10. The molecule has 2 heterocycles. The Morgan fingerprint density at radius 2 is 2.38 bits per heavy atom. The molecule has 0 aromatic carbocycles. The number of aromatic nitrogens is 2. The molecular formula is C10H14N4O2. The number of primary amides is 1. The summed E-state index contributed by atoms with van der Waals surface area (Å²) >= 11 is 0. The smallest absolute Gasteiger partial charge is 0.257 e. The quantitative estimate of drug-likeness (QED) is 0.722. The molecule has 1 aliphatic rings. The highest BCUT2D eigenvalue weighted by atomic mass is 16.2. The van der Waals surface area contributed by atoms with Crippen molar-refractivity contribution in [2.75, 3.05) is 13.1 Å². The van der Waals surface area contributed by atoms with Crippen LogP contribution in [0.15, 0.2) is 12.4 Å². The molecule has 1 unspecified atom stereocenters. The van der Waals surface area contributed by atoms with E-state index in [1.54, 1.807) is 18.0 Å². The van der Waals surface area contributed by atoms with E-state index >= 15 is 0 Å². The van der Waals surface area contributed by atoms with Gasteiger partial charge in [0.1, 0.15) is 0 Å². The minimum atomic E-state index is -0.598. The van der Waals surface area contributed by atoms with E-state index in [4.69, 9.17) is 5.73 Å². The van der Waals surface area contributed by atoms with E-state index in [2.05, 4.69) is 10.2 Å². The van der Waals surface area contributed by atoms with Crippen molar-refractivity contribution in [2.24, 2.45) is 11.1 Å². The molecule has 16 heavy (non-hydrogen) atoms. The molecule has 86 valence electrons. The van der Waals surface area contributed by atoms with Crippen molar-refractivity contribution in [3.05, 3.63) is 18.0 Å². The van der Waals surface area contributed by atoms with Gasteiger partial charge in [-0.3, -0.25) is 14.7 Å². The summed E-state index contributed by atoms with van der Waals surface area (Å²) in [5.74, 6) is -0.464. The van der Waals surface area contributed by atoms with Crippen LogP contribution in [0.1, 0.15) is 23.7 Å². The molecule has 1 aliphatic heterocycles. The van der Waals surface area contributed by atoms with E-state index in [9.17, 15) is 9.59 Å². The zero-order chi connectivity index (χ0) is 11.8. The molecule has 0 bridgehead atoms. The van der Waals surface area contributed by atoms with Crippen LogP contribution in [0.25, 0.3) is 0 Å². The maximum absolute atomic E-state index is 11.9. The lowest BCUT2D eigenvalue weighted by atomic mass is 9.89. The first-order valence-corrected chi connectivity index (χ1v) is 5.11. The molecule has 2 rings (SSSR count). The van der Waals surface area contributed by atoms with Gasteiger partial charge in [0.15, 0.2) is 0 Å². The van der Waals surface area contributed by atoms with Crippen molar-refractivity contribution in [1.82, 2.24) is 15.1 Å². The van der Waals surface area contributed by atoms with Crippen LogP contribution in [-0.4, -0.2) is 40.0 Å². The van der Waals surface area contributed by atoms with Crippen molar-refractivity contribution in [3.8, 4) is 0 Å². The van der Waals surface area contributed by atoms with E-state index in [1.807, 2.05) is 0 Å². The summed E-state index contributed by atoms with van der Waals surface area (Å²) in [7, 11) is 0. The minimum absolute atomic E-state index is 0.112. The number of H-pyrrole nitrogens is 1. The molecular weight excluding hydrogens is 208 g/mol. The van der Waals surface area contributed by atoms with Crippen LogP contribution in [0.3, 0.4) is 0 Å². The molecule has 6 heteroatoms. The van der Waals surface area contributed by atoms with Gasteiger partial charge in [-0.1, -0.05) is 0 Å². The largest absolute Gasteiger partial charge is 0.369 e. The van der Waals surface area contributed by atoms with Gasteiger partial charge in [-0.25, -0.2) is 0 Å². The van der Waals surface area contributed by atoms with Gasteiger partial charge in [0.2, 0.25) is 5.91 Å². The molecule has 2 amide bonds. The lowest BCUT2D eigenvalue weighted by Crippen LogP contribution is -2.38. The average Bonchev–Trinajstić information content (AvgIpc) is 2.85. The topological polar surface area (TPSA) is 92.1 Å². The molecule has 0 aliphatic carbocycles. The lowest BCUT2D eigenvalue weighted by molar-refractivity contribution is -0.126. The number of aromatic amines is 1. The monoisotopic (exact) mass is 222 g/mol. The summed E-state index contributed by atoms with van der Waals surface area (Å²) in [5, 5.41) is 6.31. The van der Waals surface area contributed by atoms with Crippen LogP contribution < -0.4 is 5.73 Å². The van der Waals surface area contributed by atoms with Crippen LogP contribution in [0, 0.1) is 5.41 Å². The highest BCUT2D eigenvalue weighted by Gasteiger charge is 2.40. The Bertz CT molecular complexity index is 414. The SMILES string of the molecule is CC1(C(N)=O)CCN(C(=O)c2cn[nH]c2)C1. The highest BCUT2D eigenvalue weighted by molar-refractivity contribution is 5.94. The Kier molecular flexibility index (Phi) is 2.41. The lowest BCUT2D eigenvalue weighted by Gasteiger charge is -2.20. The Morgan fingerprint density at radius 3 is 2.88 bits per heavy atom. The van der Waals surface area contributed by atoms with E-state index in [-0.39, 0.29) is 11.8 Å². The fraction of sp³-hybridized carbons (Fsp3) is 0.500. The second-order valence-electron chi connectivity index (χ2n) is 4.39. The first-order valence-electron chi connectivity index (χ1n) is 5.11. The first-order chi connectivity index (χ1) is 7.53. The molecule has 1 aromatic heterocycles.